The van der Waals surface area contributed by atoms with Crippen LogP contribution in [0.1, 0.15) is 5.89 Å². The van der Waals surface area contributed by atoms with Crippen LogP contribution in [0.5, 0.6) is 0 Å². The fourth-order valence-corrected chi connectivity index (χ4v) is 0.888. The number of carbonyl (C=O) groups is 1. The summed E-state index contributed by atoms with van der Waals surface area (Å²) in [6.07, 6.45) is 5.25. The first-order valence-corrected chi connectivity index (χ1v) is 4.06. The molecule has 1 heterocycles. The van der Waals surface area contributed by atoms with Crippen molar-refractivity contribution in [2.24, 2.45) is 0 Å². The smallest absolute Gasteiger partial charge is 0.503 e. The number of aromatic nitrogens is 1. The van der Waals surface area contributed by atoms with Gasteiger partial charge in [-0.2, -0.15) is 5.57 Å². The van der Waals surface area contributed by atoms with Crippen molar-refractivity contribution in [2.45, 2.75) is 0 Å². The van der Waals surface area contributed by atoms with Gasteiger partial charge in [-0.3, -0.25) is 16.4 Å². The third kappa shape index (κ3) is 3.57. The number of carbonyl (C=O) groups excluding carboxylic acids is 1. The van der Waals surface area contributed by atoms with Gasteiger partial charge in [-0.25, -0.2) is 18.7 Å². The van der Waals surface area contributed by atoms with Gasteiger partial charge in [0.2, 0.25) is 5.97 Å². The van der Waals surface area contributed by atoms with Crippen LogP contribution >= 0.6 is 0 Å². The van der Waals surface area contributed by atoms with Gasteiger partial charge in [0.15, 0.2) is 0 Å². The summed E-state index contributed by atoms with van der Waals surface area (Å²) < 4.78 is 9.41. The van der Waals surface area contributed by atoms with Gasteiger partial charge >= 0.3 is 18.9 Å². The molecule has 0 radical (unpaired) electrons. The maximum Gasteiger partial charge on any atom is 1.00 e. The molecule has 0 N–H and O–H groups in total. The summed E-state index contributed by atoms with van der Waals surface area (Å²) in [5, 5.41) is 0. The van der Waals surface area contributed by atoms with Crippen molar-refractivity contribution in [1.82, 2.24) is 4.98 Å². The maximum atomic E-state index is 11.1. The normalized spacial score (nSPS) is 10.2. The van der Waals surface area contributed by atoms with Crippen LogP contribution in [-0.2, 0) is 9.53 Å². The first-order chi connectivity index (χ1) is 7.19. The third-order valence-corrected chi connectivity index (χ3v) is 1.59. The van der Waals surface area contributed by atoms with Gasteiger partial charge in [-0.05, 0) is 0 Å². The third-order valence-electron chi connectivity index (χ3n) is 1.59. The largest absolute Gasteiger partial charge is 1.00 e. The van der Waals surface area contributed by atoms with E-state index in [9.17, 15) is 4.79 Å². The van der Waals surface area contributed by atoms with E-state index >= 15 is 0 Å². The number of ether oxygens (including phenoxy) is 1. The van der Waals surface area contributed by atoms with Crippen LogP contribution in [0.3, 0.4) is 0 Å². The van der Waals surface area contributed by atoms with Crippen molar-refractivity contribution in [1.29, 1.82) is 0 Å². The second-order valence-electron chi connectivity index (χ2n) is 2.55. The van der Waals surface area contributed by atoms with Crippen molar-refractivity contribution in [3.63, 3.8) is 0 Å². The van der Waals surface area contributed by atoms with E-state index in [1.54, 1.807) is 0 Å². The number of oxazole rings is 1. The average Bonchev–Trinajstić information content (AvgIpc) is 2.77. The Hall–Kier alpha value is -1.50. The molecule has 5 heteroatoms. The Kier molecular flexibility index (Phi) is 6.24. The second kappa shape index (κ2) is 6.89. The SMILES string of the molecule is [CH-]=C/C(=C\C(=[CH-])c1ncco1)C(=O)OC.[Li+]. The van der Waals surface area contributed by atoms with E-state index in [-0.39, 0.29) is 35.9 Å². The molecule has 0 bridgehead atoms. The van der Waals surface area contributed by atoms with E-state index in [0.29, 0.717) is 0 Å². The van der Waals surface area contributed by atoms with Crippen molar-refractivity contribution in [2.75, 3.05) is 7.11 Å². The molecular formula is C11H9LiNO3-. The summed E-state index contributed by atoms with van der Waals surface area (Å²) in [5.74, 6) is -0.356. The van der Waals surface area contributed by atoms with Crippen molar-refractivity contribution < 1.29 is 32.8 Å². The molecule has 0 aliphatic heterocycles. The molecule has 0 unspecified atom stereocenters. The molecule has 0 aliphatic carbocycles. The fraction of sp³-hybridized carbons (Fsp3) is 0.0909. The summed E-state index contributed by atoms with van der Waals surface area (Å²) in [6, 6.07) is 0. The van der Waals surface area contributed by atoms with Crippen LogP contribution in [0.2, 0.25) is 0 Å². The standard InChI is InChI=1S/C11H9NO3.Li/c1-4-9(11(13)14-3)7-8(2)10-12-5-6-15-10;/h1-2,4-7H,3H3;/q-2;+1/b9-7+;. The van der Waals surface area contributed by atoms with E-state index in [0.717, 1.165) is 6.08 Å². The second-order valence-corrected chi connectivity index (χ2v) is 2.55. The van der Waals surface area contributed by atoms with Gasteiger partial charge < -0.3 is 9.15 Å². The summed E-state index contributed by atoms with van der Waals surface area (Å²) >= 11 is 0. The van der Waals surface area contributed by atoms with Gasteiger partial charge in [0.05, 0.1) is 13.4 Å². The predicted molar refractivity (Wildman–Crippen MR) is 53.2 cm³/mol. The molecule has 1 rings (SSSR count). The van der Waals surface area contributed by atoms with Crippen LogP contribution in [0.25, 0.3) is 5.57 Å². The first kappa shape index (κ1) is 14.5. The van der Waals surface area contributed by atoms with Crippen LogP contribution in [-0.4, -0.2) is 18.1 Å². The van der Waals surface area contributed by atoms with Gasteiger partial charge in [-0.15, -0.1) is 5.57 Å². The molecule has 0 fully saturated rings. The van der Waals surface area contributed by atoms with Gasteiger partial charge in [-0.1, -0.05) is 0 Å². The molecule has 0 atom stereocenters. The molecule has 78 valence electrons. The van der Waals surface area contributed by atoms with E-state index in [2.05, 4.69) is 9.72 Å². The summed E-state index contributed by atoms with van der Waals surface area (Å²) in [6.45, 7) is 10.8. The molecule has 0 spiro atoms. The van der Waals surface area contributed by atoms with E-state index in [1.165, 1.54) is 25.6 Å². The van der Waals surface area contributed by atoms with Gasteiger partial charge in [0.1, 0.15) is 5.89 Å². The zero-order chi connectivity index (χ0) is 11.3. The minimum Gasteiger partial charge on any atom is -0.503 e. The van der Waals surface area contributed by atoms with Gasteiger partial charge in [0, 0.05) is 6.20 Å². The Bertz CT molecular complexity index is 407. The van der Waals surface area contributed by atoms with E-state index < -0.39 is 5.97 Å². The zero-order valence-electron chi connectivity index (χ0n) is 9.14. The van der Waals surface area contributed by atoms with Crippen molar-refractivity contribution in [3.05, 3.63) is 49.2 Å². The predicted octanol–water partition coefficient (Wildman–Crippen LogP) is -1.42. The fourth-order valence-electron chi connectivity index (χ4n) is 0.888. The first-order valence-electron chi connectivity index (χ1n) is 4.06. The Morgan fingerprint density at radius 2 is 2.31 bits per heavy atom. The number of rotatable bonds is 4. The molecular weight excluding hydrogens is 201 g/mol. The number of allylic oxidation sites excluding steroid dienone is 2. The molecule has 0 saturated heterocycles. The summed E-state index contributed by atoms with van der Waals surface area (Å²) in [5.41, 5.74) is 0.329. The number of nitrogens with zero attached hydrogens (tertiary/aromatic N) is 1. The Labute approximate surface area is 106 Å². The minimum absolute atomic E-state index is 0. The maximum absolute atomic E-state index is 11.1. The molecule has 1 aromatic rings. The minimum atomic E-state index is -0.577. The number of methoxy groups -OCH3 is 1. The Morgan fingerprint density at radius 1 is 1.62 bits per heavy atom. The van der Waals surface area contributed by atoms with Crippen LogP contribution in [0.4, 0.5) is 0 Å². The average molecular weight is 210 g/mol. The number of esters is 1. The van der Waals surface area contributed by atoms with E-state index in [1.807, 2.05) is 0 Å². The van der Waals surface area contributed by atoms with E-state index in [4.69, 9.17) is 17.6 Å². The monoisotopic (exact) mass is 210 g/mol. The summed E-state index contributed by atoms with van der Waals surface area (Å²) in [7, 11) is 1.25. The quantitative estimate of drug-likeness (QED) is 0.201. The Morgan fingerprint density at radius 3 is 2.75 bits per heavy atom. The molecule has 4 nitrogen and oxygen atoms in total. The zero-order valence-corrected chi connectivity index (χ0v) is 9.14. The Balaban J connectivity index is 0.00000225. The molecule has 0 aromatic carbocycles. The van der Waals surface area contributed by atoms with Gasteiger partial charge in [0.25, 0.3) is 0 Å². The molecule has 1 aromatic heterocycles. The van der Waals surface area contributed by atoms with Crippen molar-refractivity contribution in [3.8, 4) is 0 Å². The number of hydrogen-bond donors (Lipinski definition) is 0. The molecule has 0 saturated carbocycles. The molecule has 0 aliphatic rings. The van der Waals surface area contributed by atoms with Crippen LogP contribution in [0, 0.1) is 13.2 Å². The van der Waals surface area contributed by atoms with Crippen molar-refractivity contribution >= 4 is 11.5 Å². The van der Waals surface area contributed by atoms with Crippen LogP contribution in [0.15, 0.2) is 34.6 Å². The summed E-state index contributed by atoms with van der Waals surface area (Å²) in [4.78, 5) is 14.9. The topological polar surface area (TPSA) is 52.3 Å². The van der Waals surface area contributed by atoms with Crippen LogP contribution < -0.4 is 18.9 Å². The molecule has 0 amide bonds. The number of hydrogen-bond acceptors (Lipinski definition) is 4. The molecule has 16 heavy (non-hydrogen) atoms.